The van der Waals surface area contributed by atoms with Gasteiger partial charge >= 0.3 is 13.5 Å². The van der Waals surface area contributed by atoms with Crippen molar-refractivity contribution in [1.29, 1.82) is 5.41 Å². The number of rotatable bonds is 5. The fourth-order valence-corrected chi connectivity index (χ4v) is 3.55. The highest BCUT2D eigenvalue weighted by Crippen LogP contribution is 2.22. The second-order valence-corrected chi connectivity index (χ2v) is 7.96. The summed E-state index contributed by atoms with van der Waals surface area (Å²) in [6, 6.07) is 6.63. The van der Waals surface area contributed by atoms with Gasteiger partial charge in [0.2, 0.25) is 5.91 Å². The SMILES string of the molecule is COC(=O)[C@@H]1CCCOc2ccc(cc2)C[C@H]([B]OC=N)C(=O)N[C@@H](C(C)C)C(=O)C1. The van der Waals surface area contributed by atoms with E-state index in [4.69, 9.17) is 19.5 Å². The monoisotopic (exact) mass is 429 g/mol. The molecule has 1 aromatic rings. The van der Waals surface area contributed by atoms with Crippen LogP contribution in [0, 0.1) is 17.2 Å². The molecule has 2 bridgehead atoms. The number of esters is 1. The quantitative estimate of drug-likeness (QED) is 0.321. The van der Waals surface area contributed by atoms with E-state index in [0.29, 0.717) is 31.6 Å². The number of methoxy groups -OCH3 is 1. The number of amides is 1. The van der Waals surface area contributed by atoms with Crippen LogP contribution in [-0.4, -0.2) is 51.3 Å². The summed E-state index contributed by atoms with van der Waals surface area (Å²) in [7, 11) is 2.59. The smallest absolute Gasteiger partial charge is 0.384 e. The van der Waals surface area contributed by atoms with Gasteiger partial charge in [0.15, 0.2) is 5.78 Å². The standard InChI is InChI=1S/C22H30BN2O6/c1-14(2)20-19(26)12-16(22(28)29-3)5-4-10-30-17-8-6-15(7-9-17)11-18(21(27)25-20)23-31-13-24/h6-9,13-14,16,18,20,24H,4-5,10-12H2,1-3H3,(H,25,27)/t16-,18+,20+/m1/s1. The predicted octanol–water partition coefficient (Wildman–Crippen LogP) is 2.32. The third kappa shape index (κ3) is 7.42. The van der Waals surface area contributed by atoms with Crippen molar-refractivity contribution in [2.24, 2.45) is 11.8 Å². The van der Waals surface area contributed by atoms with Crippen LogP contribution in [0.5, 0.6) is 5.75 Å². The van der Waals surface area contributed by atoms with Crippen LogP contribution in [0.3, 0.4) is 0 Å². The van der Waals surface area contributed by atoms with E-state index in [-0.39, 0.29) is 24.0 Å². The molecule has 2 aliphatic heterocycles. The Kier molecular flexibility index (Phi) is 9.56. The van der Waals surface area contributed by atoms with Crippen LogP contribution in [0.1, 0.15) is 38.7 Å². The molecule has 9 heteroatoms. The lowest BCUT2D eigenvalue weighted by Gasteiger charge is -2.25. The first-order valence-electron chi connectivity index (χ1n) is 10.5. The highest BCUT2D eigenvalue weighted by molar-refractivity contribution is 6.39. The van der Waals surface area contributed by atoms with Crippen LogP contribution in [0.4, 0.5) is 0 Å². The van der Waals surface area contributed by atoms with E-state index in [2.05, 4.69) is 5.32 Å². The fourth-order valence-electron chi connectivity index (χ4n) is 3.55. The third-order valence-electron chi connectivity index (χ3n) is 5.29. The molecule has 0 aliphatic carbocycles. The van der Waals surface area contributed by atoms with Gasteiger partial charge in [-0.1, -0.05) is 26.0 Å². The Bertz CT molecular complexity index is 768. The van der Waals surface area contributed by atoms with Crippen molar-refractivity contribution < 1.29 is 28.5 Å². The summed E-state index contributed by atoms with van der Waals surface area (Å²) in [4.78, 5) is 38.2. The molecule has 0 fully saturated rings. The van der Waals surface area contributed by atoms with Gasteiger partial charge in [-0.2, -0.15) is 0 Å². The van der Waals surface area contributed by atoms with Gasteiger partial charge in [0.05, 0.1) is 31.5 Å². The first-order valence-corrected chi connectivity index (χ1v) is 10.5. The van der Waals surface area contributed by atoms with Gasteiger partial charge in [-0.25, -0.2) is 0 Å². The van der Waals surface area contributed by atoms with Crippen molar-refractivity contribution in [2.45, 2.75) is 51.4 Å². The van der Waals surface area contributed by atoms with E-state index in [1.165, 1.54) is 14.6 Å². The van der Waals surface area contributed by atoms with Crippen LogP contribution in [0.25, 0.3) is 0 Å². The van der Waals surface area contributed by atoms with Crippen molar-refractivity contribution in [2.75, 3.05) is 13.7 Å². The number of Topliss-reactive ketones (excluding diaryl/α,β-unsaturated/α-hetero) is 1. The minimum atomic E-state index is -0.748. The number of hydrogen-bond acceptors (Lipinski definition) is 7. The number of carbonyl (C=O) groups is 3. The summed E-state index contributed by atoms with van der Waals surface area (Å²) in [5.74, 6) is -1.83. The normalized spacial score (nSPS) is 22.9. The molecule has 1 aromatic carbocycles. The Balaban J connectivity index is 2.32. The van der Waals surface area contributed by atoms with Crippen LogP contribution in [0.2, 0.25) is 5.82 Å². The Morgan fingerprint density at radius 1 is 1.26 bits per heavy atom. The summed E-state index contributed by atoms with van der Waals surface area (Å²) >= 11 is 0. The minimum absolute atomic E-state index is 0.0189. The lowest BCUT2D eigenvalue weighted by Crippen LogP contribution is -2.47. The maximum atomic E-state index is 13.0. The van der Waals surface area contributed by atoms with E-state index in [1.54, 1.807) is 0 Å². The number of fused-ring (bicyclic) bond motifs is 13. The molecule has 8 nitrogen and oxygen atoms in total. The summed E-state index contributed by atoms with van der Waals surface area (Å²) in [6.45, 7) is 4.09. The van der Waals surface area contributed by atoms with Gasteiger partial charge in [0, 0.05) is 6.42 Å². The number of ketones is 1. The van der Waals surface area contributed by atoms with E-state index in [1.807, 2.05) is 38.1 Å². The molecule has 2 N–H and O–H groups in total. The van der Waals surface area contributed by atoms with Crippen molar-refractivity contribution in [3.8, 4) is 5.75 Å². The van der Waals surface area contributed by atoms with E-state index < -0.39 is 23.7 Å². The van der Waals surface area contributed by atoms with Gasteiger partial charge in [0.1, 0.15) is 12.2 Å². The van der Waals surface area contributed by atoms with Crippen LogP contribution in [0.15, 0.2) is 24.3 Å². The largest absolute Gasteiger partial charge is 0.555 e. The molecule has 0 unspecified atom stereocenters. The summed E-state index contributed by atoms with van der Waals surface area (Å²) in [6.07, 6.45) is 2.10. The molecule has 0 spiro atoms. The Morgan fingerprint density at radius 2 is 1.97 bits per heavy atom. The van der Waals surface area contributed by atoms with Crippen molar-refractivity contribution in [3.63, 3.8) is 0 Å². The summed E-state index contributed by atoms with van der Waals surface area (Å²) in [5, 5.41) is 9.91. The molecular formula is C22H30BN2O6. The van der Waals surface area contributed by atoms with Gasteiger partial charge in [0.25, 0.3) is 0 Å². The zero-order valence-corrected chi connectivity index (χ0v) is 18.3. The van der Waals surface area contributed by atoms with Crippen LogP contribution < -0.4 is 10.1 Å². The number of nitrogens with one attached hydrogen (secondary N) is 2. The Hall–Kier alpha value is -2.84. The van der Waals surface area contributed by atoms with Crippen LogP contribution >= 0.6 is 0 Å². The molecule has 2 aliphatic rings. The number of ether oxygens (including phenoxy) is 2. The molecule has 0 aromatic heterocycles. The van der Waals surface area contributed by atoms with Gasteiger partial charge in [-0.05, 0) is 42.9 Å². The second-order valence-electron chi connectivity index (χ2n) is 7.96. The summed E-state index contributed by atoms with van der Waals surface area (Å²) in [5.41, 5.74) is 0.891. The predicted molar refractivity (Wildman–Crippen MR) is 116 cm³/mol. The molecule has 3 atom stereocenters. The maximum Gasteiger partial charge on any atom is 0.384 e. The van der Waals surface area contributed by atoms with Gasteiger partial charge in [-0.3, -0.25) is 19.8 Å². The van der Waals surface area contributed by atoms with Gasteiger partial charge in [-0.15, -0.1) is 0 Å². The average molecular weight is 429 g/mol. The first kappa shape index (κ1) is 24.4. The second kappa shape index (κ2) is 12.1. The topological polar surface area (TPSA) is 115 Å². The number of hydrogen-bond donors (Lipinski definition) is 2. The van der Waals surface area contributed by atoms with E-state index in [9.17, 15) is 14.4 Å². The fraction of sp³-hybridized carbons (Fsp3) is 0.545. The Labute approximate surface area is 183 Å². The molecule has 167 valence electrons. The highest BCUT2D eigenvalue weighted by Gasteiger charge is 2.32. The first-order chi connectivity index (χ1) is 14.8. The maximum absolute atomic E-state index is 13.0. The molecule has 2 heterocycles. The molecule has 0 saturated carbocycles. The molecule has 3 rings (SSSR count). The highest BCUT2D eigenvalue weighted by atomic mass is 16.5. The molecule has 1 radical (unpaired) electrons. The third-order valence-corrected chi connectivity index (χ3v) is 5.29. The molecular weight excluding hydrogens is 399 g/mol. The lowest BCUT2D eigenvalue weighted by molar-refractivity contribution is -0.147. The van der Waals surface area contributed by atoms with E-state index in [0.717, 1.165) is 12.0 Å². The number of carbonyl (C=O) groups excluding carboxylic acids is 3. The Morgan fingerprint density at radius 3 is 2.58 bits per heavy atom. The average Bonchev–Trinajstić information content (AvgIpc) is 2.76. The van der Waals surface area contributed by atoms with Crippen molar-refractivity contribution in [1.82, 2.24) is 5.32 Å². The minimum Gasteiger partial charge on any atom is -0.555 e. The zero-order valence-electron chi connectivity index (χ0n) is 18.3. The summed E-state index contributed by atoms with van der Waals surface area (Å²) < 4.78 is 15.6. The van der Waals surface area contributed by atoms with Crippen molar-refractivity contribution in [3.05, 3.63) is 29.8 Å². The lowest BCUT2D eigenvalue weighted by atomic mass is 9.74. The van der Waals surface area contributed by atoms with Crippen LogP contribution in [-0.2, 0) is 30.2 Å². The molecule has 0 saturated heterocycles. The zero-order chi connectivity index (χ0) is 22.8. The molecule has 31 heavy (non-hydrogen) atoms. The number of benzene rings is 1. The molecule has 1 amide bonds. The van der Waals surface area contributed by atoms with Crippen molar-refractivity contribution >= 4 is 31.5 Å². The van der Waals surface area contributed by atoms with E-state index >= 15 is 0 Å². The van der Waals surface area contributed by atoms with Gasteiger partial charge < -0.3 is 19.4 Å².